The standard InChI is InChI=1S/C17H22N2O/c1-20-12-11-19-17(13-18)16-9-7-15(8-10-16)14-5-3-2-4-6-14/h2-10,17,19H,11-13,18H2,1H3. The number of methoxy groups -OCH3 is 1. The molecule has 2 aromatic rings. The van der Waals surface area contributed by atoms with Crippen LogP contribution in [-0.2, 0) is 4.74 Å². The van der Waals surface area contributed by atoms with Gasteiger partial charge in [0.25, 0.3) is 0 Å². The molecule has 2 rings (SSSR count). The molecular weight excluding hydrogens is 248 g/mol. The molecule has 0 spiro atoms. The third-order valence-electron chi connectivity index (χ3n) is 3.35. The van der Waals surface area contributed by atoms with E-state index in [1.54, 1.807) is 7.11 Å². The van der Waals surface area contributed by atoms with Crippen LogP contribution in [0, 0.1) is 0 Å². The van der Waals surface area contributed by atoms with Crippen LogP contribution in [0.4, 0.5) is 0 Å². The van der Waals surface area contributed by atoms with Crippen LogP contribution in [0.15, 0.2) is 54.6 Å². The van der Waals surface area contributed by atoms with Crippen LogP contribution in [-0.4, -0.2) is 26.8 Å². The van der Waals surface area contributed by atoms with Crippen LogP contribution < -0.4 is 11.1 Å². The minimum atomic E-state index is 0.176. The van der Waals surface area contributed by atoms with E-state index < -0.39 is 0 Å². The average Bonchev–Trinajstić information content (AvgIpc) is 2.53. The van der Waals surface area contributed by atoms with Crippen molar-refractivity contribution in [3.63, 3.8) is 0 Å². The van der Waals surface area contributed by atoms with E-state index in [1.165, 1.54) is 16.7 Å². The van der Waals surface area contributed by atoms with Crippen molar-refractivity contribution >= 4 is 0 Å². The molecule has 1 unspecified atom stereocenters. The van der Waals surface area contributed by atoms with E-state index in [4.69, 9.17) is 10.5 Å². The molecule has 0 radical (unpaired) electrons. The van der Waals surface area contributed by atoms with Gasteiger partial charge in [-0.05, 0) is 16.7 Å². The molecule has 0 bridgehead atoms. The summed E-state index contributed by atoms with van der Waals surface area (Å²) in [6, 6.07) is 19.1. The lowest BCUT2D eigenvalue weighted by Gasteiger charge is -2.17. The predicted octanol–water partition coefficient (Wildman–Crippen LogP) is 2.59. The van der Waals surface area contributed by atoms with Crippen molar-refractivity contribution in [1.82, 2.24) is 5.32 Å². The van der Waals surface area contributed by atoms with Crippen LogP contribution in [0.2, 0.25) is 0 Å². The highest BCUT2D eigenvalue weighted by molar-refractivity contribution is 5.63. The van der Waals surface area contributed by atoms with Gasteiger partial charge >= 0.3 is 0 Å². The molecule has 0 amide bonds. The molecule has 0 fully saturated rings. The van der Waals surface area contributed by atoms with Gasteiger partial charge in [0.15, 0.2) is 0 Å². The van der Waals surface area contributed by atoms with Crippen LogP contribution in [0.1, 0.15) is 11.6 Å². The third-order valence-corrected chi connectivity index (χ3v) is 3.35. The maximum atomic E-state index is 5.83. The Bertz CT molecular complexity index is 496. The summed E-state index contributed by atoms with van der Waals surface area (Å²) < 4.78 is 5.05. The van der Waals surface area contributed by atoms with Gasteiger partial charge in [-0.1, -0.05) is 54.6 Å². The van der Waals surface area contributed by atoms with Crippen molar-refractivity contribution in [1.29, 1.82) is 0 Å². The Hall–Kier alpha value is -1.68. The molecule has 0 saturated heterocycles. The zero-order chi connectivity index (χ0) is 14.2. The maximum Gasteiger partial charge on any atom is 0.0587 e. The lowest BCUT2D eigenvalue weighted by molar-refractivity contribution is 0.196. The Balaban J connectivity index is 2.06. The van der Waals surface area contributed by atoms with Crippen LogP contribution in [0.3, 0.4) is 0 Å². The first-order valence-electron chi connectivity index (χ1n) is 6.93. The van der Waals surface area contributed by atoms with E-state index in [-0.39, 0.29) is 6.04 Å². The van der Waals surface area contributed by atoms with Crippen molar-refractivity contribution in [3.8, 4) is 11.1 Å². The molecule has 0 aliphatic carbocycles. The van der Waals surface area contributed by atoms with Crippen LogP contribution in [0.5, 0.6) is 0 Å². The quantitative estimate of drug-likeness (QED) is 0.760. The number of nitrogens with one attached hydrogen (secondary N) is 1. The first-order valence-corrected chi connectivity index (χ1v) is 6.93. The van der Waals surface area contributed by atoms with Gasteiger partial charge in [-0.3, -0.25) is 0 Å². The predicted molar refractivity (Wildman–Crippen MR) is 83.6 cm³/mol. The van der Waals surface area contributed by atoms with Crippen LogP contribution in [0.25, 0.3) is 11.1 Å². The highest BCUT2D eigenvalue weighted by atomic mass is 16.5. The lowest BCUT2D eigenvalue weighted by atomic mass is 10.0. The Kier molecular flexibility index (Phi) is 5.74. The number of hydrogen-bond acceptors (Lipinski definition) is 3. The van der Waals surface area contributed by atoms with Gasteiger partial charge < -0.3 is 15.8 Å². The van der Waals surface area contributed by atoms with E-state index in [9.17, 15) is 0 Å². The Morgan fingerprint density at radius 2 is 1.65 bits per heavy atom. The van der Waals surface area contributed by atoms with Gasteiger partial charge in [0.2, 0.25) is 0 Å². The SMILES string of the molecule is COCCNC(CN)c1ccc(-c2ccccc2)cc1. The first-order chi connectivity index (χ1) is 9.85. The van der Waals surface area contributed by atoms with Gasteiger partial charge in [0.05, 0.1) is 6.61 Å². The van der Waals surface area contributed by atoms with Gasteiger partial charge in [0.1, 0.15) is 0 Å². The topological polar surface area (TPSA) is 47.3 Å². The molecule has 20 heavy (non-hydrogen) atoms. The summed E-state index contributed by atoms with van der Waals surface area (Å²) in [5.74, 6) is 0. The number of benzene rings is 2. The fourth-order valence-electron chi connectivity index (χ4n) is 2.21. The van der Waals surface area contributed by atoms with E-state index in [0.29, 0.717) is 13.2 Å². The second-order valence-electron chi connectivity index (χ2n) is 4.72. The Labute approximate surface area is 120 Å². The summed E-state index contributed by atoms with van der Waals surface area (Å²) in [6.45, 7) is 2.08. The van der Waals surface area contributed by atoms with Crippen molar-refractivity contribution < 1.29 is 4.74 Å². The molecule has 2 aromatic carbocycles. The second-order valence-corrected chi connectivity index (χ2v) is 4.72. The minimum Gasteiger partial charge on any atom is -0.383 e. The third kappa shape index (κ3) is 3.90. The molecule has 3 heteroatoms. The summed E-state index contributed by atoms with van der Waals surface area (Å²) in [4.78, 5) is 0. The second kappa shape index (κ2) is 7.80. The zero-order valence-electron chi connectivity index (χ0n) is 11.9. The van der Waals surface area contributed by atoms with E-state index >= 15 is 0 Å². The largest absolute Gasteiger partial charge is 0.383 e. The van der Waals surface area contributed by atoms with Crippen molar-refractivity contribution in [2.45, 2.75) is 6.04 Å². The van der Waals surface area contributed by atoms with E-state index in [1.807, 2.05) is 6.07 Å². The zero-order valence-corrected chi connectivity index (χ0v) is 11.9. The summed E-state index contributed by atoms with van der Waals surface area (Å²) in [5, 5.41) is 3.40. The highest BCUT2D eigenvalue weighted by Crippen LogP contribution is 2.21. The molecule has 0 aliphatic rings. The van der Waals surface area contributed by atoms with Crippen molar-refractivity contribution in [2.75, 3.05) is 26.8 Å². The molecule has 0 aromatic heterocycles. The smallest absolute Gasteiger partial charge is 0.0587 e. The molecule has 0 heterocycles. The molecule has 0 aliphatic heterocycles. The molecule has 1 atom stereocenters. The van der Waals surface area contributed by atoms with E-state index in [2.05, 4.69) is 53.8 Å². The normalized spacial score (nSPS) is 12.3. The molecule has 106 valence electrons. The summed E-state index contributed by atoms with van der Waals surface area (Å²) in [5.41, 5.74) is 9.50. The van der Waals surface area contributed by atoms with Gasteiger partial charge in [0, 0.05) is 26.2 Å². The molecule has 0 saturated carbocycles. The fraction of sp³-hybridized carbons (Fsp3) is 0.294. The maximum absolute atomic E-state index is 5.83. The lowest BCUT2D eigenvalue weighted by Crippen LogP contribution is -2.30. The summed E-state index contributed by atoms with van der Waals surface area (Å²) >= 11 is 0. The molecule has 3 nitrogen and oxygen atoms in total. The average molecular weight is 270 g/mol. The summed E-state index contributed by atoms with van der Waals surface area (Å²) in [7, 11) is 1.70. The number of rotatable bonds is 7. The van der Waals surface area contributed by atoms with Crippen molar-refractivity contribution in [3.05, 3.63) is 60.2 Å². The number of hydrogen-bond donors (Lipinski definition) is 2. The first kappa shape index (κ1) is 14.7. The molecule has 3 N–H and O–H groups in total. The fourth-order valence-corrected chi connectivity index (χ4v) is 2.21. The van der Waals surface area contributed by atoms with Crippen LogP contribution >= 0.6 is 0 Å². The highest BCUT2D eigenvalue weighted by Gasteiger charge is 2.08. The number of nitrogens with two attached hydrogens (primary N) is 1. The Morgan fingerprint density at radius 3 is 2.25 bits per heavy atom. The molecular formula is C17H22N2O. The van der Waals surface area contributed by atoms with Gasteiger partial charge in [-0.25, -0.2) is 0 Å². The summed E-state index contributed by atoms with van der Waals surface area (Å²) in [6.07, 6.45) is 0. The van der Waals surface area contributed by atoms with Gasteiger partial charge in [-0.15, -0.1) is 0 Å². The monoisotopic (exact) mass is 270 g/mol. The van der Waals surface area contributed by atoms with Gasteiger partial charge in [-0.2, -0.15) is 0 Å². The minimum absolute atomic E-state index is 0.176. The van der Waals surface area contributed by atoms with E-state index in [0.717, 1.165) is 6.54 Å². The Morgan fingerprint density at radius 1 is 1.00 bits per heavy atom. The van der Waals surface area contributed by atoms with Crippen molar-refractivity contribution in [2.24, 2.45) is 5.73 Å². The number of ether oxygens (including phenoxy) is 1.